The number of hydrogen-bond donors (Lipinski definition) is 3. The highest BCUT2D eigenvalue weighted by Crippen LogP contribution is 2.30. The molecule has 29 heavy (non-hydrogen) atoms. The van der Waals surface area contributed by atoms with Crippen LogP contribution >= 0.6 is 0 Å². The summed E-state index contributed by atoms with van der Waals surface area (Å²) in [4.78, 5) is 16.7. The van der Waals surface area contributed by atoms with Crippen LogP contribution in [0.1, 0.15) is 58.9 Å². The second-order valence-electron chi connectivity index (χ2n) is 8.34. The molecule has 0 radical (unpaired) electrons. The summed E-state index contributed by atoms with van der Waals surface area (Å²) in [6.45, 7) is 9.19. The van der Waals surface area contributed by atoms with Crippen molar-refractivity contribution in [3.05, 3.63) is 23.8 Å². The highest BCUT2D eigenvalue weighted by molar-refractivity contribution is 5.86. The van der Waals surface area contributed by atoms with Crippen molar-refractivity contribution in [3.63, 3.8) is 0 Å². The second-order valence-corrected chi connectivity index (χ2v) is 8.34. The number of benzene rings is 1. The smallest absolute Gasteiger partial charge is 0.239 e. The molecule has 2 rings (SSSR count). The maximum Gasteiger partial charge on any atom is 0.239 e. The van der Waals surface area contributed by atoms with Crippen molar-refractivity contribution in [1.82, 2.24) is 16.0 Å². The molecule has 0 aromatic heterocycles. The number of rotatable bonds is 8. The molecule has 162 valence electrons. The van der Waals surface area contributed by atoms with Gasteiger partial charge in [-0.05, 0) is 65.5 Å². The normalized spacial score (nSPS) is 15.1. The van der Waals surface area contributed by atoms with Gasteiger partial charge in [0, 0.05) is 23.7 Å². The Kier molecular flexibility index (Phi) is 8.61. The lowest BCUT2D eigenvalue weighted by Gasteiger charge is -2.21. The first kappa shape index (κ1) is 22.8. The van der Waals surface area contributed by atoms with E-state index in [1.54, 1.807) is 7.11 Å². The molecule has 0 saturated heterocycles. The van der Waals surface area contributed by atoms with Gasteiger partial charge in [-0.15, -0.1) is 0 Å². The van der Waals surface area contributed by atoms with Gasteiger partial charge >= 0.3 is 0 Å². The molecule has 1 aliphatic rings. The summed E-state index contributed by atoms with van der Waals surface area (Å²) in [6.07, 6.45) is 4.87. The quantitative estimate of drug-likeness (QED) is 0.458. The third kappa shape index (κ3) is 8.21. The third-order valence-corrected chi connectivity index (χ3v) is 4.55. The Morgan fingerprint density at radius 2 is 1.93 bits per heavy atom. The van der Waals surface area contributed by atoms with Gasteiger partial charge < -0.3 is 25.4 Å². The minimum atomic E-state index is -0.260. The molecule has 0 bridgehead atoms. The highest BCUT2D eigenvalue weighted by Gasteiger charge is 2.18. The van der Waals surface area contributed by atoms with Gasteiger partial charge in [0.25, 0.3) is 0 Å². The Morgan fingerprint density at radius 3 is 2.55 bits per heavy atom. The van der Waals surface area contributed by atoms with Crippen LogP contribution in [0.2, 0.25) is 0 Å². The monoisotopic (exact) mass is 404 g/mol. The summed E-state index contributed by atoms with van der Waals surface area (Å²) < 4.78 is 11.6. The van der Waals surface area contributed by atoms with Crippen LogP contribution in [0.3, 0.4) is 0 Å². The Balaban J connectivity index is 2.05. The van der Waals surface area contributed by atoms with Crippen LogP contribution < -0.4 is 25.4 Å². The van der Waals surface area contributed by atoms with Gasteiger partial charge in [-0.2, -0.15) is 0 Å². The van der Waals surface area contributed by atoms with Crippen LogP contribution in [0.4, 0.5) is 0 Å². The van der Waals surface area contributed by atoms with Crippen molar-refractivity contribution in [2.45, 2.75) is 71.6 Å². The number of nitrogens with zero attached hydrogens (tertiary/aromatic N) is 1. The number of carbonyl (C=O) groups excluding carboxylic acids is 1. The van der Waals surface area contributed by atoms with Crippen molar-refractivity contribution < 1.29 is 14.3 Å². The first-order chi connectivity index (χ1) is 13.8. The summed E-state index contributed by atoms with van der Waals surface area (Å²) in [7, 11) is 1.66. The fourth-order valence-electron chi connectivity index (χ4n) is 3.22. The predicted molar refractivity (Wildman–Crippen MR) is 117 cm³/mol. The van der Waals surface area contributed by atoms with Crippen LogP contribution in [0.5, 0.6) is 11.5 Å². The maximum atomic E-state index is 12.1. The Bertz CT molecular complexity index is 692. The molecule has 1 aromatic carbocycles. The van der Waals surface area contributed by atoms with Crippen molar-refractivity contribution in [2.24, 2.45) is 4.99 Å². The molecule has 0 aliphatic heterocycles. The molecule has 7 heteroatoms. The molecular weight excluding hydrogens is 368 g/mol. The molecule has 3 N–H and O–H groups in total. The Hall–Kier alpha value is -2.44. The number of aliphatic imine (C=N–C) groups is 1. The lowest BCUT2D eigenvalue weighted by Crippen LogP contribution is -2.48. The number of nitrogens with one attached hydrogen (secondary N) is 3. The van der Waals surface area contributed by atoms with E-state index in [1.807, 2.05) is 45.9 Å². The zero-order valence-electron chi connectivity index (χ0n) is 18.4. The number of carbonyl (C=O) groups is 1. The zero-order chi connectivity index (χ0) is 21.3. The van der Waals surface area contributed by atoms with Crippen molar-refractivity contribution in [2.75, 3.05) is 20.2 Å². The average Bonchev–Trinajstić information content (AvgIpc) is 3.16. The topological polar surface area (TPSA) is 84.0 Å². The summed E-state index contributed by atoms with van der Waals surface area (Å²) in [5, 5.41) is 9.20. The zero-order valence-corrected chi connectivity index (χ0v) is 18.4. The van der Waals surface area contributed by atoms with Crippen LogP contribution in [0, 0.1) is 0 Å². The van der Waals surface area contributed by atoms with E-state index in [0.29, 0.717) is 19.0 Å². The van der Waals surface area contributed by atoms with Gasteiger partial charge in [0.1, 0.15) is 11.5 Å². The van der Waals surface area contributed by atoms with E-state index >= 15 is 0 Å². The van der Waals surface area contributed by atoms with Crippen LogP contribution in [0.15, 0.2) is 23.2 Å². The lowest BCUT2D eigenvalue weighted by molar-refractivity contribution is -0.121. The molecule has 1 aliphatic carbocycles. The fraction of sp³-hybridized carbons (Fsp3) is 0.636. The van der Waals surface area contributed by atoms with E-state index in [-0.39, 0.29) is 24.1 Å². The molecule has 1 saturated carbocycles. The van der Waals surface area contributed by atoms with Crippen LogP contribution in [-0.4, -0.2) is 43.7 Å². The standard InChI is InChI=1S/C22H36N4O3/c1-6-23-21(25-15-20(27)26-22(2,3)4)24-14-16-11-12-18(28-5)13-19(16)29-17-9-7-8-10-17/h11-13,17H,6-10,14-15H2,1-5H3,(H,26,27)(H2,23,24,25). The van der Waals surface area contributed by atoms with Gasteiger partial charge in [-0.1, -0.05) is 0 Å². The van der Waals surface area contributed by atoms with Crippen molar-refractivity contribution in [3.8, 4) is 11.5 Å². The fourth-order valence-corrected chi connectivity index (χ4v) is 3.22. The Labute approximate surface area is 174 Å². The van der Waals surface area contributed by atoms with Gasteiger partial charge in [0.05, 0.1) is 26.3 Å². The molecule has 1 fully saturated rings. The van der Waals surface area contributed by atoms with E-state index < -0.39 is 0 Å². The highest BCUT2D eigenvalue weighted by atomic mass is 16.5. The van der Waals surface area contributed by atoms with Crippen LogP contribution in [0.25, 0.3) is 0 Å². The van der Waals surface area contributed by atoms with Gasteiger partial charge in [-0.3, -0.25) is 4.79 Å². The summed E-state index contributed by atoms with van der Waals surface area (Å²) in [6, 6.07) is 5.84. The summed E-state index contributed by atoms with van der Waals surface area (Å²) in [5.41, 5.74) is 0.734. The largest absolute Gasteiger partial charge is 0.497 e. The number of guanidine groups is 1. The first-order valence-corrected chi connectivity index (χ1v) is 10.5. The van der Waals surface area contributed by atoms with E-state index in [9.17, 15) is 4.79 Å². The number of hydrogen-bond acceptors (Lipinski definition) is 4. The maximum absolute atomic E-state index is 12.1. The van der Waals surface area contributed by atoms with E-state index in [0.717, 1.165) is 29.9 Å². The Morgan fingerprint density at radius 1 is 1.21 bits per heavy atom. The summed E-state index contributed by atoms with van der Waals surface area (Å²) >= 11 is 0. The van der Waals surface area contributed by atoms with Crippen molar-refractivity contribution >= 4 is 11.9 Å². The van der Waals surface area contributed by atoms with Crippen LogP contribution in [-0.2, 0) is 11.3 Å². The average molecular weight is 405 g/mol. The third-order valence-electron chi connectivity index (χ3n) is 4.55. The molecule has 1 aromatic rings. The molecule has 0 spiro atoms. The number of methoxy groups -OCH3 is 1. The SMILES string of the molecule is CCNC(=NCc1ccc(OC)cc1OC1CCCC1)NCC(=O)NC(C)(C)C. The minimum Gasteiger partial charge on any atom is -0.497 e. The van der Waals surface area contributed by atoms with E-state index in [1.165, 1.54) is 12.8 Å². The minimum absolute atomic E-state index is 0.0715. The molecular formula is C22H36N4O3. The molecule has 0 heterocycles. The van der Waals surface area contributed by atoms with Crippen molar-refractivity contribution in [1.29, 1.82) is 0 Å². The van der Waals surface area contributed by atoms with Gasteiger partial charge in [0.2, 0.25) is 5.91 Å². The lowest BCUT2D eigenvalue weighted by atomic mass is 10.1. The predicted octanol–water partition coefficient (Wildman–Crippen LogP) is 2.99. The second kappa shape index (κ2) is 10.9. The van der Waals surface area contributed by atoms with E-state index in [2.05, 4.69) is 20.9 Å². The first-order valence-electron chi connectivity index (χ1n) is 10.5. The molecule has 7 nitrogen and oxygen atoms in total. The summed E-state index contributed by atoms with van der Waals surface area (Å²) in [5.74, 6) is 2.12. The molecule has 0 atom stereocenters. The molecule has 1 amide bonds. The van der Waals surface area contributed by atoms with Gasteiger partial charge in [0.15, 0.2) is 5.96 Å². The van der Waals surface area contributed by atoms with E-state index in [4.69, 9.17) is 9.47 Å². The molecule has 0 unspecified atom stereocenters. The number of ether oxygens (including phenoxy) is 2. The number of amides is 1. The van der Waals surface area contributed by atoms with Gasteiger partial charge in [-0.25, -0.2) is 4.99 Å².